The molecule has 0 fully saturated rings. The van der Waals surface area contributed by atoms with Crippen LogP contribution in [0.25, 0.3) is 0 Å². The molecule has 2 nitrogen and oxygen atoms in total. The molecule has 0 aliphatic heterocycles. The van der Waals surface area contributed by atoms with Gasteiger partial charge in [0.25, 0.3) is 0 Å². The summed E-state index contributed by atoms with van der Waals surface area (Å²) in [4.78, 5) is 3.97. The fourth-order valence-corrected chi connectivity index (χ4v) is 1.08. The Labute approximate surface area is 95.6 Å². The van der Waals surface area contributed by atoms with Crippen molar-refractivity contribution in [1.29, 1.82) is 0 Å². The van der Waals surface area contributed by atoms with Crippen LogP contribution in [0.2, 0.25) is 5.15 Å². The first-order valence-corrected chi connectivity index (χ1v) is 5.03. The van der Waals surface area contributed by atoms with Crippen LogP contribution in [0.5, 0.6) is 5.75 Å². The van der Waals surface area contributed by atoms with Crippen molar-refractivity contribution in [2.75, 3.05) is 7.11 Å². The number of halogens is 1. The van der Waals surface area contributed by atoms with E-state index < -0.39 is 0 Å². The lowest BCUT2D eigenvalue weighted by molar-refractivity contribution is 0.413. The van der Waals surface area contributed by atoms with E-state index in [4.69, 9.17) is 16.3 Å². The predicted octanol–water partition coefficient (Wildman–Crippen LogP) is 3.14. The fraction of sp³-hybridized carbons (Fsp3) is 0.417. The normalized spacial score (nSPS) is 10.5. The predicted molar refractivity (Wildman–Crippen MR) is 62.1 cm³/mol. The van der Waals surface area contributed by atoms with Crippen LogP contribution in [0.1, 0.15) is 26.3 Å². The third kappa shape index (κ3) is 3.81. The summed E-state index contributed by atoms with van der Waals surface area (Å²) in [6.07, 6.45) is 1.62. The molecule has 1 heterocycles. The Balaban J connectivity index is 3.08. The summed E-state index contributed by atoms with van der Waals surface area (Å²) >= 11 is 5.75. The van der Waals surface area contributed by atoms with E-state index in [-0.39, 0.29) is 5.41 Å². The number of methoxy groups -OCH3 is 1. The molecular formula is C12H14ClNO. The molecule has 1 aromatic rings. The average molecular weight is 224 g/mol. The van der Waals surface area contributed by atoms with Gasteiger partial charge in [0.1, 0.15) is 10.9 Å². The van der Waals surface area contributed by atoms with Crippen LogP contribution in [0, 0.1) is 17.3 Å². The molecule has 0 aliphatic carbocycles. The molecule has 0 radical (unpaired) electrons. The smallest absolute Gasteiger partial charge is 0.139 e. The summed E-state index contributed by atoms with van der Waals surface area (Å²) in [5.74, 6) is 6.81. The number of aromatic nitrogens is 1. The van der Waals surface area contributed by atoms with Gasteiger partial charge in [0, 0.05) is 17.7 Å². The van der Waals surface area contributed by atoms with Gasteiger partial charge in [-0.1, -0.05) is 23.4 Å². The van der Waals surface area contributed by atoms with Gasteiger partial charge < -0.3 is 4.74 Å². The molecule has 80 valence electrons. The second kappa shape index (κ2) is 4.55. The molecule has 15 heavy (non-hydrogen) atoms. The van der Waals surface area contributed by atoms with Gasteiger partial charge in [0.2, 0.25) is 0 Å². The highest BCUT2D eigenvalue weighted by atomic mass is 35.5. The van der Waals surface area contributed by atoms with Crippen molar-refractivity contribution in [3.05, 3.63) is 23.0 Å². The molecule has 0 N–H and O–H groups in total. The maximum atomic E-state index is 5.75. The standard InChI is InChI=1S/C12H14ClNO/c1-12(2,3)6-5-9-8-14-11(13)7-10(9)15-4/h7-8H,1-4H3. The molecule has 0 unspecified atom stereocenters. The van der Waals surface area contributed by atoms with Crippen LogP contribution in [-0.4, -0.2) is 12.1 Å². The third-order valence-corrected chi connectivity index (χ3v) is 1.83. The minimum Gasteiger partial charge on any atom is -0.495 e. The monoisotopic (exact) mass is 223 g/mol. The Hall–Kier alpha value is -1.20. The first kappa shape index (κ1) is 11.9. The molecule has 0 aromatic carbocycles. The number of ether oxygens (including phenoxy) is 1. The van der Waals surface area contributed by atoms with Crippen LogP contribution in [-0.2, 0) is 0 Å². The van der Waals surface area contributed by atoms with Gasteiger partial charge >= 0.3 is 0 Å². The maximum Gasteiger partial charge on any atom is 0.139 e. The highest BCUT2D eigenvalue weighted by molar-refractivity contribution is 6.29. The Morgan fingerprint density at radius 2 is 2.07 bits per heavy atom. The van der Waals surface area contributed by atoms with Crippen LogP contribution >= 0.6 is 11.6 Å². The SMILES string of the molecule is COc1cc(Cl)ncc1C#CC(C)(C)C. The number of hydrogen-bond donors (Lipinski definition) is 0. The van der Waals surface area contributed by atoms with E-state index in [2.05, 4.69) is 37.6 Å². The van der Waals surface area contributed by atoms with Gasteiger partial charge in [-0.3, -0.25) is 0 Å². The lowest BCUT2D eigenvalue weighted by Crippen LogP contribution is -1.99. The Bertz CT molecular complexity index is 410. The van der Waals surface area contributed by atoms with Gasteiger partial charge in [0.15, 0.2) is 0 Å². The van der Waals surface area contributed by atoms with E-state index in [1.54, 1.807) is 19.4 Å². The van der Waals surface area contributed by atoms with Gasteiger partial charge in [-0.05, 0) is 20.8 Å². The zero-order chi connectivity index (χ0) is 11.5. The van der Waals surface area contributed by atoms with Gasteiger partial charge in [-0.25, -0.2) is 4.98 Å². The number of rotatable bonds is 1. The van der Waals surface area contributed by atoms with Crippen molar-refractivity contribution < 1.29 is 4.74 Å². The van der Waals surface area contributed by atoms with Gasteiger partial charge in [-0.2, -0.15) is 0 Å². The van der Waals surface area contributed by atoms with Crippen molar-refractivity contribution in [1.82, 2.24) is 4.98 Å². The molecule has 0 saturated heterocycles. The van der Waals surface area contributed by atoms with Gasteiger partial charge in [0.05, 0.1) is 12.7 Å². The van der Waals surface area contributed by atoms with Crippen LogP contribution in [0.3, 0.4) is 0 Å². The minimum absolute atomic E-state index is 0.0371. The van der Waals surface area contributed by atoms with Crippen molar-refractivity contribution in [2.24, 2.45) is 5.41 Å². The topological polar surface area (TPSA) is 22.1 Å². The lowest BCUT2D eigenvalue weighted by Gasteiger charge is -2.07. The minimum atomic E-state index is -0.0371. The van der Waals surface area contributed by atoms with E-state index >= 15 is 0 Å². The first-order chi connectivity index (χ1) is 6.92. The van der Waals surface area contributed by atoms with Crippen molar-refractivity contribution in [3.8, 4) is 17.6 Å². The van der Waals surface area contributed by atoms with Crippen LogP contribution < -0.4 is 4.74 Å². The van der Waals surface area contributed by atoms with E-state index in [0.717, 1.165) is 5.56 Å². The van der Waals surface area contributed by atoms with Crippen molar-refractivity contribution in [3.63, 3.8) is 0 Å². The molecule has 1 rings (SSSR count). The maximum absolute atomic E-state index is 5.75. The Morgan fingerprint density at radius 3 is 2.60 bits per heavy atom. The summed E-state index contributed by atoms with van der Waals surface area (Å²) in [6, 6.07) is 1.66. The number of pyridine rings is 1. The van der Waals surface area contributed by atoms with Crippen LogP contribution in [0.4, 0.5) is 0 Å². The summed E-state index contributed by atoms with van der Waals surface area (Å²) in [5, 5.41) is 0.410. The molecule has 0 atom stereocenters. The zero-order valence-electron chi connectivity index (χ0n) is 9.39. The number of nitrogens with zero attached hydrogens (tertiary/aromatic N) is 1. The first-order valence-electron chi connectivity index (χ1n) is 4.65. The highest BCUT2D eigenvalue weighted by Gasteiger charge is 2.06. The van der Waals surface area contributed by atoms with Crippen LogP contribution in [0.15, 0.2) is 12.3 Å². The highest BCUT2D eigenvalue weighted by Crippen LogP contribution is 2.20. The Morgan fingerprint density at radius 1 is 1.40 bits per heavy atom. The van der Waals surface area contributed by atoms with E-state index in [0.29, 0.717) is 10.9 Å². The Kier molecular flexibility index (Phi) is 3.60. The molecule has 1 aromatic heterocycles. The van der Waals surface area contributed by atoms with Crippen molar-refractivity contribution in [2.45, 2.75) is 20.8 Å². The van der Waals surface area contributed by atoms with E-state index in [1.807, 2.05) is 0 Å². The van der Waals surface area contributed by atoms with Crippen molar-refractivity contribution >= 4 is 11.6 Å². The third-order valence-electron chi connectivity index (χ3n) is 1.62. The quantitative estimate of drug-likeness (QED) is 0.539. The summed E-state index contributed by atoms with van der Waals surface area (Å²) in [6.45, 7) is 6.15. The molecule has 0 bridgehead atoms. The van der Waals surface area contributed by atoms with Gasteiger partial charge in [-0.15, -0.1) is 0 Å². The van der Waals surface area contributed by atoms with E-state index in [1.165, 1.54) is 0 Å². The summed E-state index contributed by atoms with van der Waals surface area (Å²) < 4.78 is 5.16. The molecule has 3 heteroatoms. The molecule has 0 spiro atoms. The molecular weight excluding hydrogens is 210 g/mol. The number of hydrogen-bond acceptors (Lipinski definition) is 2. The van der Waals surface area contributed by atoms with E-state index in [9.17, 15) is 0 Å². The summed E-state index contributed by atoms with van der Waals surface area (Å²) in [7, 11) is 1.59. The molecule has 0 amide bonds. The fourth-order valence-electron chi connectivity index (χ4n) is 0.931. The lowest BCUT2D eigenvalue weighted by atomic mass is 9.97. The largest absolute Gasteiger partial charge is 0.495 e. The molecule has 0 aliphatic rings. The molecule has 0 saturated carbocycles. The summed E-state index contributed by atoms with van der Waals surface area (Å²) in [5.41, 5.74) is 0.724. The zero-order valence-corrected chi connectivity index (χ0v) is 10.1. The second-order valence-electron chi connectivity index (χ2n) is 4.21. The second-order valence-corrected chi connectivity index (χ2v) is 4.59. The average Bonchev–Trinajstić information content (AvgIpc) is 2.14.